The Hall–Kier alpha value is -1.43. The van der Waals surface area contributed by atoms with Crippen LogP contribution < -0.4 is 0 Å². The molecule has 0 aromatic heterocycles. The first-order valence-corrected chi connectivity index (χ1v) is 5.38. The minimum atomic E-state index is -0.551. The molecule has 0 heterocycles. The highest BCUT2D eigenvalue weighted by atomic mass is 79.9. The zero-order valence-electron chi connectivity index (χ0n) is 8.82. The number of benzene rings is 1. The summed E-state index contributed by atoms with van der Waals surface area (Å²) in [7, 11) is 0. The van der Waals surface area contributed by atoms with E-state index in [4.69, 9.17) is 4.74 Å². The van der Waals surface area contributed by atoms with Crippen LogP contribution in [0.4, 0.5) is 5.69 Å². The Morgan fingerprint density at radius 2 is 2.19 bits per heavy atom. The van der Waals surface area contributed by atoms with E-state index in [-0.39, 0.29) is 17.9 Å². The van der Waals surface area contributed by atoms with E-state index in [0.717, 1.165) is 0 Å². The van der Waals surface area contributed by atoms with Gasteiger partial charge in [-0.05, 0) is 19.9 Å². The molecular weight excluding hydrogens is 278 g/mol. The van der Waals surface area contributed by atoms with Gasteiger partial charge in [0.1, 0.15) is 0 Å². The number of hydrogen-bond acceptors (Lipinski definition) is 4. The van der Waals surface area contributed by atoms with Gasteiger partial charge in [0.15, 0.2) is 0 Å². The number of carbonyl (C=O) groups excluding carboxylic acids is 1. The van der Waals surface area contributed by atoms with Crippen molar-refractivity contribution in [2.24, 2.45) is 0 Å². The smallest absolute Gasteiger partial charge is 0.338 e. The fraction of sp³-hybridized carbons (Fsp3) is 0.300. The lowest BCUT2D eigenvalue weighted by molar-refractivity contribution is -0.385. The van der Waals surface area contributed by atoms with Gasteiger partial charge >= 0.3 is 5.97 Å². The topological polar surface area (TPSA) is 69.4 Å². The molecule has 1 aromatic rings. The molecule has 6 heteroatoms. The zero-order valence-corrected chi connectivity index (χ0v) is 10.4. The first-order valence-electron chi connectivity index (χ1n) is 4.59. The van der Waals surface area contributed by atoms with Crippen LogP contribution in [0, 0.1) is 17.0 Å². The van der Waals surface area contributed by atoms with E-state index in [1.54, 1.807) is 6.92 Å². The number of halogens is 1. The molecule has 0 fully saturated rings. The maximum Gasteiger partial charge on any atom is 0.338 e. The largest absolute Gasteiger partial charge is 0.462 e. The summed E-state index contributed by atoms with van der Waals surface area (Å²) in [5.74, 6) is -0.551. The van der Waals surface area contributed by atoms with E-state index in [2.05, 4.69) is 15.9 Å². The summed E-state index contributed by atoms with van der Waals surface area (Å²) in [6.07, 6.45) is 0. The molecule has 0 aliphatic rings. The third-order valence-corrected chi connectivity index (χ3v) is 2.49. The Labute approximate surface area is 101 Å². The Bertz CT molecular complexity index is 445. The predicted molar refractivity (Wildman–Crippen MR) is 61.5 cm³/mol. The maximum absolute atomic E-state index is 11.5. The van der Waals surface area contributed by atoms with Gasteiger partial charge in [-0.25, -0.2) is 4.79 Å². The van der Waals surface area contributed by atoms with Crippen molar-refractivity contribution < 1.29 is 14.5 Å². The molecule has 0 radical (unpaired) electrons. The molecule has 16 heavy (non-hydrogen) atoms. The highest BCUT2D eigenvalue weighted by Gasteiger charge is 2.20. The number of esters is 1. The second kappa shape index (κ2) is 5.07. The number of hydrogen-bond donors (Lipinski definition) is 0. The summed E-state index contributed by atoms with van der Waals surface area (Å²) in [5, 5.41) is 10.7. The molecule has 0 spiro atoms. The van der Waals surface area contributed by atoms with E-state index in [1.165, 1.54) is 19.1 Å². The van der Waals surface area contributed by atoms with Crippen molar-refractivity contribution in [1.29, 1.82) is 0 Å². The van der Waals surface area contributed by atoms with Crippen molar-refractivity contribution in [3.63, 3.8) is 0 Å². The molecule has 5 nitrogen and oxygen atoms in total. The Morgan fingerprint density at radius 3 is 2.69 bits per heavy atom. The summed E-state index contributed by atoms with van der Waals surface area (Å²) in [5.41, 5.74) is 0.423. The van der Waals surface area contributed by atoms with Gasteiger partial charge in [0.2, 0.25) is 0 Å². The average Bonchev–Trinajstić information content (AvgIpc) is 2.20. The van der Waals surface area contributed by atoms with Crippen molar-refractivity contribution in [1.82, 2.24) is 0 Å². The lowest BCUT2D eigenvalue weighted by atomic mass is 10.1. The van der Waals surface area contributed by atoms with Gasteiger partial charge in [0, 0.05) is 16.1 Å². The predicted octanol–water partition coefficient (Wildman–Crippen LogP) is 2.84. The van der Waals surface area contributed by atoms with Crippen LogP contribution in [0.2, 0.25) is 0 Å². The highest BCUT2D eigenvalue weighted by molar-refractivity contribution is 9.10. The van der Waals surface area contributed by atoms with Crippen LogP contribution in [0.1, 0.15) is 22.8 Å². The van der Waals surface area contributed by atoms with E-state index in [0.29, 0.717) is 10.0 Å². The Balaban J connectivity index is 3.29. The molecule has 0 aliphatic carbocycles. The van der Waals surface area contributed by atoms with E-state index < -0.39 is 10.9 Å². The van der Waals surface area contributed by atoms with E-state index in [1.807, 2.05) is 0 Å². The minimum Gasteiger partial charge on any atom is -0.462 e. The molecular formula is C10H10BrNO4. The zero-order chi connectivity index (χ0) is 12.3. The van der Waals surface area contributed by atoms with Crippen molar-refractivity contribution in [3.05, 3.63) is 37.8 Å². The molecule has 0 atom stereocenters. The van der Waals surface area contributed by atoms with Crippen molar-refractivity contribution in [3.8, 4) is 0 Å². The van der Waals surface area contributed by atoms with Crippen LogP contribution in [-0.4, -0.2) is 17.5 Å². The second-order valence-corrected chi connectivity index (χ2v) is 3.99. The monoisotopic (exact) mass is 287 g/mol. The Morgan fingerprint density at radius 1 is 1.56 bits per heavy atom. The SMILES string of the molecule is CCOC(=O)c1cc(Br)cc([N+](=O)[O-])c1C. The number of ether oxygens (including phenoxy) is 1. The van der Waals surface area contributed by atoms with Gasteiger partial charge < -0.3 is 4.74 Å². The number of nitro benzene ring substituents is 1. The second-order valence-electron chi connectivity index (χ2n) is 3.08. The fourth-order valence-electron chi connectivity index (χ4n) is 1.28. The lowest BCUT2D eigenvalue weighted by Gasteiger charge is -2.06. The summed E-state index contributed by atoms with van der Waals surface area (Å²) in [4.78, 5) is 21.7. The number of rotatable bonds is 3. The van der Waals surface area contributed by atoms with Gasteiger partial charge in [-0.1, -0.05) is 15.9 Å². The number of carbonyl (C=O) groups is 1. The van der Waals surface area contributed by atoms with Crippen molar-refractivity contribution in [2.45, 2.75) is 13.8 Å². The highest BCUT2D eigenvalue weighted by Crippen LogP contribution is 2.27. The molecule has 0 N–H and O–H groups in total. The molecule has 1 aromatic carbocycles. The normalized spacial score (nSPS) is 9.94. The molecule has 1 rings (SSSR count). The number of nitrogens with zero attached hydrogens (tertiary/aromatic N) is 1. The van der Waals surface area contributed by atoms with Gasteiger partial charge in [-0.2, -0.15) is 0 Å². The van der Waals surface area contributed by atoms with Crippen LogP contribution in [-0.2, 0) is 4.74 Å². The Kier molecular flexibility index (Phi) is 4.00. The summed E-state index contributed by atoms with van der Waals surface area (Å²) in [6.45, 7) is 3.44. The van der Waals surface area contributed by atoms with Crippen molar-refractivity contribution >= 4 is 27.6 Å². The molecule has 0 saturated heterocycles. The molecule has 0 unspecified atom stereocenters. The molecule has 0 amide bonds. The van der Waals surface area contributed by atoms with Gasteiger partial charge in [0.25, 0.3) is 5.69 Å². The standard InChI is InChI=1S/C10H10BrNO4/c1-3-16-10(13)8-4-7(11)5-9(6(8)2)12(14)15/h4-5H,3H2,1-2H3. The van der Waals surface area contributed by atoms with Crippen LogP contribution in [0.5, 0.6) is 0 Å². The quantitative estimate of drug-likeness (QED) is 0.487. The van der Waals surface area contributed by atoms with Crippen LogP contribution in [0.25, 0.3) is 0 Å². The first kappa shape index (κ1) is 12.6. The van der Waals surface area contributed by atoms with Gasteiger partial charge in [-0.3, -0.25) is 10.1 Å². The number of nitro groups is 1. The summed E-state index contributed by atoms with van der Waals surface area (Å²) >= 11 is 3.12. The third-order valence-electron chi connectivity index (χ3n) is 2.04. The fourth-order valence-corrected chi connectivity index (χ4v) is 1.72. The lowest BCUT2D eigenvalue weighted by Crippen LogP contribution is -2.08. The van der Waals surface area contributed by atoms with Crippen LogP contribution >= 0.6 is 15.9 Å². The molecule has 0 aliphatic heterocycles. The molecule has 86 valence electrons. The average molecular weight is 288 g/mol. The van der Waals surface area contributed by atoms with Crippen LogP contribution in [0.15, 0.2) is 16.6 Å². The molecule has 0 bridgehead atoms. The van der Waals surface area contributed by atoms with Crippen LogP contribution in [0.3, 0.4) is 0 Å². The van der Waals surface area contributed by atoms with Gasteiger partial charge in [0.05, 0.1) is 17.1 Å². The minimum absolute atomic E-state index is 0.0996. The van der Waals surface area contributed by atoms with Gasteiger partial charge in [-0.15, -0.1) is 0 Å². The van der Waals surface area contributed by atoms with E-state index in [9.17, 15) is 14.9 Å². The third kappa shape index (κ3) is 2.57. The summed E-state index contributed by atoms with van der Waals surface area (Å²) in [6, 6.07) is 2.87. The maximum atomic E-state index is 11.5. The van der Waals surface area contributed by atoms with E-state index >= 15 is 0 Å². The first-order chi connectivity index (χ1) is 7.47. The summed E-state index contributed by atoms with van der Waals surface area (Å²) < 4.78 is 5.30. The molecule has 0 saturated carbocycles. The van der Waals surface area contributed by atoms with Crippen molar-refractivity contribution in [2.75, 3.05) is 6.61 Å².